The van der Waals surface area contributed by atoms with E-state index in [1.54, 1.807) is 18.2 Å². The van der Waals surface area contributed by atoms with Crippen molar-refractivity contribution in [1.82, 2.24) is 0 Å². The summed E-state index contributed by atoms with van der Waals surface area (Å²) in [5.41, 5.74) is 6.03. The molecule has 2 N–H and O–H groups in total. The minimum absolute atomic E-state index is 0.0108. The monoisotopic (exact) mass is 315 g/mol. The Morgan fingerprint density at radius 1 is 1.16 bits per heavy atom. The highest BCUT2D eigenvalue weighted by atomic mass is 35.5. The zero-order chi connectivity index (χ0) is 14.0. The van der Waals surface area contributed by atoms with E-state index in [1.165, 1.54) is 18.2 Å². The first kappa shape index (κ1) is 14.1. The van der Waals surface area contributed by atoms with Gasteiger partial charge in [-0.15, -0.1) is 0 Å². The normalized spacial score (nSPS) is 10.3. The second-order valence-corrected chi connectivity index (χ2v) is 4.91. The molecule has 19 heavy (non-hydrogen) atoms. The lowest BCUT2D eigenvalue weighted by molar-refractivity contribution is 0.442. The Morgan fingerprint density at radius 3 is 2.53 bits per heavy atom. The molecule has 0 aliphatic rings. The molecule has 0 aliphatic carbocycles. The number of rotatable bonds is 3. The van der Waals surface area contributed by atoms with Gasteiger partial charge in [0.1, 0.15) is 10.7 Å². The fourth-order valence-corrected chi connectivity index (χ4v) is 2.12. The lowest BCUT2D eigenvalue weighted by Crippen LogP contribution is -2.09. The third-order valence-electron chi connectivity index (χ3n) is 2.35. The zero-order valence-electron chi connectivity index (χ0n) is 9.49. The van der Waals surface area contributed by atoms with Crippen LogP contribution in [0.3, 0.4) is 0 Å². The van der Waals surface area contributed by atoms with Crippen LogP contribution in [0, 0.1) is 5.82 Å². The van der Waals surface area contributed by atoms with Crippen molar-refractivity contribution in [3.63, 3.8) is 0 Å². The predicted molar refractivity (Wildman–Crippen MR) is 78.8 cm³/mol. The maximum absolute atomic E-state index is 13.7. The van der Waals surface area contributed by atoms with Crippen molar-refractivity contribution in [2.24, 2.45) is 5.73 Å². The smallest absolute Gasteiger partial charge is 0.184 e. The van der Waals surface area contributed by atoms with Gasteiger partial charge in [0.05, 0.1) is 10.0 Å². The summed E-state index contributed by atoms with van der Waals surface area (Å²) in [4.78, 5) is 0.186. The Hall–Kier alpha value is -1.36. The average Bonchev–Trinajstić information content (AvgIpc) is 2.34. The van der Waals surface area contributed by atoms with Crippen LogP contribution in [0.25, 0.3) is 0 Å². The van der Waals surface area contributed by atoms with E-state index in [1.807, 2.05) is 0 Å². The van der Waals surface area contributed by atoms with Gasteiger partial charge in [0.15, 0.2) is 11.6 Å². The highest BCUT2D eigenvalue weighted by Gasteiger charge is 2.10. The molecule has 0 spiro atoms. The SMILES string of the molecule is NC(=S)c1ccc(Oc2cccc(Cl)c2F)cc1Cl. The molecule has 98 valence electrons. The van der Waals surface area contributed by atoms with Gasteiger partial charge in [-0.05, 0) is 24.3 Å². The standard InChI is InChI=1S/C13H8Cl2FNOS/c14-9-2-1-3-11(12(9)16)18-7-4-5-8(13(17)19)10(15)6-7/h1-6H,(H2,17,19). The molecule has 0 saturated heterocycles. The van der Waals surface area contributed by atoms with Gasteiger partial charge in [-0.3, -0.25) is 0 Å². The van der Waals surface area contributed by atoms with Crippen LogP contribution in [0.5, 0.6) is 11.5 Å². The van der Waals surface area contributed by atoms with E-state index in [9.17, 15) is 4.39 Å². The van der Waals surface area contributed by atoms with Crippen molar-refractivity contribution >= 4 is 40.4 Å². The largest absolute Gasteiger partial charge is 0.454 e. The van der Waals surface area contributed by atoms with Crippen LogP contribution in [0.4, 0.5) is 4.39 Å². The van der Waals surface area contributed by atoms with Crippen molar-refractivity contribution in [2.45, 2.75) is 0 Å². The molecule has 0 unspecified atom stereocenters. The Balaban J connectivity index is 2.32. The molecule has 2 nitrogen and oxygen atoms in total. The molecule has 0 radical (unpaired) electrons. The van der Waals surface area contributed by atoms with E-state index in [-0.39, 0.29) is 15.8 Å². The van der Waals surface area contributed by atoms with Crippen LogP contribution in [0.1, 0.15) is 5.56 Å². The molecular weight excluding hydrogens is 308 g/mol. The van der Waals surface area contributed by atoms with Crippen molar-refractivity contribution in [2.75, 3.05) is 0 Å². The first-order chi connectivity index (χ1) is 8.99. The van der Waals surface area contributed by atoms with Gasteiger partial charge < -0.3 is 10.5 Å². The maximum atomic E-state index is 13.7. The van der Waals surface area contributed by atoms with Crippen molar-refractivity contribution in [1.29, 1.82) is 0 Å². The van der Waals surface area contributed by atoms with Gasteiger partial charge in [0.25, 0.3) is 0 Å². The minimum Gasteiger partial charge on any atom is -0.454 e. The van der Waals surface area contributed by atoms with Crippen LogP contribution >= 0.6 is 35.4 Å². The topological polar surface area (TPSA) is 35.2 Å². The molecule has 6 heteroatoms. The van der Waals surface area contributed by atoms with Crippen molar-refractivity contribution in [3.8, 4) is 11.5 Å². The van der Waals surface area contributed by atoms with Crippen LogP contribution in [-0.2, 0) is 0 Å². The van der Waals surface area contributed by atoms with Gasteiger partial charge >= 0.3 is 0 Å². The summed E-state index contributed by atoms with van der Waals surface area (Å²) < 4.78 is 19.0. The van der Waals surface area contributed by atoms with Crippen molar-refractivity contribution in [3.05, 3.63) is 57.8 Å². The average molecular weight is 316 g/mol. The molecular formula is C13H8Cl2FNOS. The van der Waals surface area contributed by atoms with Crippen LogP contribution in [0.15, 0.2) is 36.4 Å². The fourth-order valence-electron chi connectivity index (χ4n) is 1.45. The van der Waals surface area contributed by atoms with Gasteiger partial charge in [0.2, 0.25) is 0 Å². The first-order valence-electron chi connectivity index (χ1n) is 5.20. The van der Waals surface area contributed by atoms with E-state index in [0.29, 0.717) is 16.3 Å². The van der Waals surface area contributed by atoms with Gasteiger partial charge in [-0.2, -0.15) is 0 Å². The number of hydrogen-bond acceptors (Lipinski definition) is 2. The molecule has 0 aliphatic heterocycles. The molecule has 0 heterocycles. The Bertz CT molecular complexity index is 649. The second kappa shape index (κ2) is 5.74. The zero-order valence-corrected chi connectivity index (χ0v) is 11.8. The summed E-state index contributed by atoms with van der Waals surface area (Å²) in [6.07, 6.45) is 0. The molecule has 0 fully saturated rings. The highest BCUT2D eigenvalue weighted by molar-refractivity contribution is 7.80. The summed E-state index contributed by atoms with van der Waals surface area (Å²) in [6.45, 7) is 0. The van der Waals surface area contributed by atoms with E-state index in [2.05, 4.69) is 0 Å². The summed E-state index contributed by atoms with van der Waals surface area (Å²) in [6, 6.07) is 9.22. The number of thiocarbonyl (C=S) groups is 1. The second-order valence-electron chi connectivity index (χ2n) is 3.66. The van der Waals surface area contributed by atoms with Gasteiger partial charge in [-0.25, -0.2) is 4.39 Å². The Labute approximate surface area is 124 Å². The number of nitrogens with two attached hydrogens (primary N) is 1. The van der Waals surface area contributed by atoms with E-state index < -0.39 is 5.82 Å². The summed E-state index contributed by atoms with van der Waals surface area (Å²) in [5.74, 6) is -0.239. The number of ether oxygens (including phenoxy) is 1. The van der Waals surface area contributed by atoms with Crippen molar-refractivity contribution < 1.29 is 9.13 Å². The van der Waals surface area contributed by atoms with E-state index in [4.69, 9.17) is 45.9 Å². The van der Waals surface area contributed by atoms with Gasteiger partial charge in [-0.1, -0.05) is 41.5 Å². The van der Waals surface area contributed by atoms with E-state index in [0.717, 1.165) is 0 Å². The number of hydrogen-bond donors (Lipinski definition) is 1. The lowest BCUT2D eigenvalue weighted by Gasteiger charge is -2.09. The van der Waals surface area contributed by atoms with Crippen LogP contribution in [-0.4, -0.2) is 4.99 Å². The quantitative estimate of drug-likeness (QED) is 0.843. The lowest BCUT2D eigenvalue weighted by atomic mass is 10.2. The van der Waals surface area contributed by atoms with Crippen LogP contribution in [0.2, 0.25) is 10.0 Å². The third kappa shape index (κ3) is 3.15. The van der Waals surface area contributed by atoms with Crippen LogP contribution < -0.4 is 10.5 Å². The molecule has 0 saturated carbocycles. The summed E-state index contributed by atoms with van der Waals surface area (Å²) >= 11 is 16.5. The molecule has 0 bridgehead atoms. The maximum Gasteiger partial charge on any atom is 0.184 e. The predicted octanol–water partition coefficient (Wildman–Crippen LogP) is 4.56. The first-order valence-corrected chi connectivity index (χ1v) is 6.36. The van der Waals surface area contributed by atoms with Gasteiger partial charge in [0, 0.05) is 11.6 Å². The highest BCUT2D eigenvalue weighted by Crippen LogP contribution is 2.30. The molecule has 2 aromatic rings. The minimum atomic E-state index is -0.626. The summed E-state index contributed by atoms with van der Waals surface area (Å²) in [7, 11) is 0. The Kier molecular flexibility index (Phi) is 4.24. The summed E-state index contributed by atoms with van der Waals surface area (Å²) in [5, 5.41) is 0.329. The van der Waals surface area contributed by atoms with E-state index >= 15 is 0 Å². The number of halogens is 3. The number of benzene rings is 2. The Morgan fingerprint density at radius 2 is 1.89 bits per heavy atom. The fraction of sp³-hybridized carbons (Fsp3) is 0. The third-order valence-corrected chi connectivity index (χ3v) is 3.17. The molecule has 2 rings (SSSR count). The molecule has 0 amide bonds. The molecule has 0 aromatic heterocycles. The molecule has 0 atom stereocenters. The molecule has 2 aromatic carbocycles.